The molecule has 1 saturated heterocycles. The first-order valence-electron chi connectivity index (χ1n) is 10.1. The number of fused-ring (bicyclic) bond motifs is 1. The van der Waals surface area contributed by atoms with Gasteiger partial charge < -0.3 is 14.5 Å². The van der Waals surface area contributed by atoms with Gasteiger partial charge in [0.25, 0.3) is 5.56 Å². The highest BCUT2D eigenvalue weighted by Crippen LogP contribution is 2.32. The average Bonchev–Trinajstić information content (AvgIpc) is 3.18. The van der Waals surface area contributed by atoms with Crippen LogP contribution in [0.15, 0.2) is 35.1 Å². The highest BCUT2D eigenvalue weighted by molar-refractivity contribution is 7.22. The van der Waals surface area contributed by atoms with Crippen LogP contribution in [0.3, 0.4) is 0 Å². The van der Waals surface area contributed by atoms with Gasteiger partial charge in [0, 0.05) is 18.1 Å². The van der Waals surface area contributed by atoms with E-state index in [0.717, 1.165) is 66.7 Å². The molecule has 3 aromatic rings. The minimum atomic E-state index is -0.0546. The Morgan fingerprint density at radius 1 is 1.24 bits per heavy atom. The lowest BCUT2D eigenvalue weighted by Gasteiger charge is -2.31. The number of aromatic amines is 1. The summed E-state index contributed by atoms with van der Waals surface area (Å²) in [6.45, 7) is 6.39. The SMILES string of the molecule is CCOCC1CCN(Cc2nc3cc(-c4ccc(OC)cc4)sc3c(=O)[nH]2)CC1. The number of piperidine rings is 1. The standard InChI is InChI=1S/C22H27N3O3S/c1-3-28-14-15-8-10-25(11-9-15)13-20-23-18-12-19(29-21(18)22(26)24-20)16-4-6-17(27-2)7-5-16/h4-7,12,15H,3,8-11,13-14H2,1-2H3,(H,23,24,26). The maximum atomic E-state index is 12.6. The van der Waals surface area contributed by atoms with Crippen LogP contribution in [0.25, 0.3) is 20.7 Å². The highest BCUT2D eigenvalue weighted by atomic mass is 32.1. The summed E-state index contributed by atoms with van der Waals surface area (Å²) in [6.07, 6.45) is 2.26. The summed E-state index contributed by atoms with van der Waals surface area (Å²) in [5.41, 5.74) is 1.78. The van der Waals surface area contributed by atoms with E-state index in [1.165, 1.54) is 11.3 Å². The summed E-state index contributed by atoms with van der Waals surface area (Å²) in [5.74, 6) is 2.20. The number of aromatic nitrogens is 2. The van der Waals surface area contributed by atoms with Gasteiger partial charge in [-0.1, -0.05) is 0 Å². The van der Waals surface area contributed by atoms with Crippen molar-refractivity contribution in [1.82, 2.24) is 14.9 Å². The molecule has 0 saturated carbocycles. The second-order valence-electron chi connectivity index (χ2n) is 7.45. The Labute approximate surface area is 174 Å². The maximum absolute atomic E-state index is 12.6. The van der Waals surface area contributed by atoms with Gasteiger partial charge in [0.2, 0.25) is 0 Å². The topological polar surface area (TPSA) is 67.5 Å². The smallest absolute Gasteiger partial charge is 0.268 e. The van der Waals surface area contributed by atoms with Gasteiger partial charge in [-0.3, -0.25) is 9.69 Å². The molecule has 154 valence electrons. The number of nitrogens with zero attached hydrogens (tertiary/aromatic N) is 2. The molecule has 0 amide bonds. The fourth-order valence-corrected chi connectivity index (χ4v) is 4.77. The Morgan fingerprint density at radius 3 is 2.69 bits per heavy atom. The third kappa shape index (κ3) is 4.69. The number of nitrogens with one attached hydrogen (secondary N) is 1. The lowest BCUT2D eigenvalue weighted by atomic mass is 9.98. The first kappa shape index (κ1) is 20.1. The summed E-state index contributed by atoms with van der Waals surface area (Å²) >= 11 is 1.48. The lowest BCUT2D eigenvalue weighted by Crippen LogP contribution is -2.35. The van der Waals surface area contributed by atoms with Crippen LogP contribution in [0.5, 0.6) is 5.75 Å². The molecule has 7 heteroatoms. The van der Waals surface area contributed by atoms with E-state index < -0.39 is 0 Å². The molecule has 0 aliphatic carbocycles. The van der Waals surface area contributed by atoms with Crippen molar-refractivity contribution >= 4 is 21.6 Å². The van der Waals surface area contributed by atoms with Crippen LogP contribution in [0.4, 0.5) is 0 Å². The molecule has 1 aliphatic rings. The second-order valence-corrected chi connectivity index (χ2v) is 8.50. The Bertz CT molecular complexity index is 1000. The number of ether oxygens (including phenoxy) is 2. The normalized spacial score (nSPS) is 15.8. The average molecular weight is 414 g/mol. The number of hydrogen-bond donors (Lipinski definition) is 1. The number of H-pyrrole nitrogens is 1. The van der Waals surface area contributed by atoms with Gasteiger partial charge in [-0.15, -0.1) is 11.3 Å². The van der Waals surface area contributed by atoms with E-state index in [1.807, 2.05) is 37.3 Å². The molecule has 6 nitrogen and oxygen atoms in total. The molecule has 0 radical (unpaired) electrons. The van der Waals surface area contributed by atoms with Crippen LogP contribution in [0, 0.1) is 5.92 Å². The number of likely N-dealkylation sites (tertiary alicyclic amines) is 1. The number of hydrogen-bond acceptors (Lipinski definition) is 6. The van der Waals surface area contributed by atoms with E-state index in [9.17, 15) is 4.79 Å². The van der Waals surface area contributed by atoms with Crippen LogP contribution in [0.2, 0.25) is 0 Å². The van der Waals surface area contributed by atoms with Crippen molar-refractivity contribution in [3.05, 3.63) is 46.5 Å². The number of thiophene rings is 1. The highest BCUT2D eigenvalue weighted by Gasteiger charge is 2.20. The van der Waals surface area contributed by atoms with Crippen molar-refractivity contribution in [2.45, 2.75) is 26.3 Å². The lowest BCUT2D eigenvalue weighted by molar-refractivity contribution is 0.0717. The monoisotopic (exact) mass is 413 g/mol. The van der Waals surface area contributed by atoms with Crippen molar-refractivity contribution in [2.75, 3.05) is 33.4 Å². The van der Waals surface area contributed by atoms with E-state index in [0.29, 0.717) is 17.2 Å². The van der Waals surface area contributed by atoms with Gasteiger partial charge in [-0.2, -0.15) is 0 Å². The Balaban J connectivity index is 1.48. The molecule has 0 bridgehead atoms. The summed E-state index contributed by atoms with van der Waals surface area (Å²) in [4.78, 5) is 23.7. The predicted molar refractivity (Wildman–Crippen MR) is 117 cm³/mol. The van der Waals surface area contributed by atoms with E-state index in [2.05, 4.69) is 9.88 Å². The van der Waals surface area contributed by atoms with Gasteiger partial charge in [0.15, 0.2) is 0 Å². The van der Waals surface area contributed by atoms with Gasteiger partial charge >= 0.3 is 0 Å². The van der Waals surface area contributed by atoms with Crippen molar-refractivity contribution in [1.29, 1.82) is 0 Å². The zero-order valence-corrected chi connectivity index (χ0v) is 17.8. The van der Waals surface area contributed by atoms with Crippen molar-refractivity contribution < 1.29 is 9.47 Å². The van der Waals surface area contributed by atoms with Gasteiger partial charge in [-0.25, -0.2) is 4.98 Å². The molecular formula is C22H27N3O3S. The molecule has 1 aromatic carbocycles. The van der Waals surface area contributed by atoms with Crippen molar-refractivity contribution in [3.63, 3.8) is 0 Å². The van der Waals surface area contributed by atoms with Crippen LogP contribution in [-0.4, -0.2) is 48.3 Å². The van der Waals surface area contributed by atoms with Gasteiger partial charge in [0.05, 0.1) is 19.2 Å². The second kappa shape index (κ2) is 9.07. The molecule has 1 N–H and O–H groups in total. The Morgan fingerprint density at radius 2 is 2.00 bits per heavy atom. The number of benzene rings is 1. The molecule has 1 fully saturated rings. The van der Waals surface area contributed by atoms with Crippen LogP contribution in [-0.2, 0) is 11.3 Å². The summed E-state index contributed by atoms with van der Waals surface area (Å²) in [7, 11) is 1.65. The summed E-state index contributed by atoms with van der Waals surface area (Å²) in [5, 5.41) is 0. The quantitative estimate of drug-likeness (QED) is 0.636. The summed E-state index contributed by atoms with van der Waals surface area (Å²) < 4.78 is 11.5. The fraction of sp³-hybridized carbons (Fsp3) is 0.455. The molecular weight excluding hydrogens is 386 g/mol. The molecule has 0 unspecified atom stereocenters. The first-order valence-corrected chi connectivity index (χ1v) is 10.9. The third-order valence-corrected chi connectivity index (χ3v) is 6.62. The fourth-order valence-electron chi connectivity index (χ4n) is 3.77. The molecule has 1 aliphatic heterocycles. The molecule has 4 rings (SSSR count). The van der Waals surface area contributed by atoms with Crippen molar-refractivity contribution in [2.24, 2.45) is 5.92 Å². The van der Waals surface area contributed by atoms with Crippen LogP contribution >= 0.6 is 11.3 Å². The maximum Gasteiger partial charge on any atom is 0.268 e. The zero-order chi connectivity index (χ0) is 20.2. The van der Waals surface area contributed by atoms with E-state index in [4.69, 9.17) is 14.5 Å². The molecule has 3 heterocycles. The molecule has 0 atom stereocenters. The number of rotatable bonds is 7. The Hall–Kier alpha value is -2.22. The van der Waals surface area contributed by atoms with E-state index in [-0.39, 0.29) is 5.56 Å². The Kier molecular flexibility index (Phi) is 6.28. The largest absolute Gasteiger partial charge is 0.497 e. The minimum absolute atomic E-state index is 0.0546. The van der Waals surface area contributed by atoms with Crippen LogP contribution < -0.4 is 10.3 Å². The first-order chi connectivity index (χ1) is 14.2. The number of methoxy groups -OCH3 is 1. The van der Waals surface area contributed by atoms with Crippen molar-refractivity contribution in [3.8, 4) is 16.2 Å². The molecule has 0 spiro atoms. The summed E-state index contributed by atoms with van der Waals surface area (Å²) in [6, 6.07) is 9.88. The molecule has 29 heavy (non-hydrogen) atoms. The van der Waals surface area contributed by atoms with E-state index in [1.54, 1.807) is 7.11 Å². The third-order valence-electron chi connectivity index (χ3n) is 5.44. The molecule has 2 aromatic heterocycles. The van der Waals surface area contributed by atoms with Gasteiger partial charge in [0.1, 0.15) is 16.3 Å². The van der Waals surface area contributed by atoms with Gasteiger partial charge in [-0.05, 0) is 74.7 Å². The van der Waals surface area contributed by atoms with E-state index >= 15 is 0 Å². The van der Waals surface area contributed by atoms with Crippen LogP contribution in [0.1, 0.15) is 25.6 Å². The zero-order valence-electron chi connectivity index (χ0n) is 16.9. The predicted octanol–water partition coefficient (Wildman–Crippen LogP) is 3.91. The minimum Gasteiger partial charge on any atom is -0.497 e.